The number of hydrogen-bond donors (Lipinski definition) is 1. The van der Waals surface area contributed by atoms with E-state index in [0.717, 1.165) is 38.0 Å². The van der Waals surface area contributed by atoms with E-state index in [1.165, 1.54) is 0 Å². The molecule has 2 bridgehead atoms. The molecule has 0 aliphatic carbocycles. The summed E-state index contributed by atoms with van der Waals surface area (Å²) < 4.78 is 5.92. The van der Waals surface area contributed by atoms with Gasteiger partial charge < -0.3 is 10.1 Å². The van der Waals surface area contributed by atoms with Crippen LogP contribution in [0.1, 0.15) is 31.2 Å². The quantitative estimate of drug-likeness (QED) is 0.858. The summed E-state index contributed by atoms with van der Waals surface area (Å²) in [6.07, 6.45) is 2.99. The van der Waals surface area contributed by atoms with Crippen molar-refractivity contribution in [1.82, 2.24) is 10.2 Å². The van der Waals surface area contributed by atoms with Gasteiger partial charge in [-0.2, -0.15) is 0 Å². The molecule has 23 heavy (non-hydrogen) atoms. The zero-order valence-electron chi connectivity index (χ0n) is 13.2. The fourth-order valence-corrected chi connectivity index (χ4v) is 4.16. The van der Waals surface area contributed by atoms with E-state index >= 15 is 0 Å². The average Bonchev–Trinajstić information content (AvgIpc) is 3.00. The van der Waals surface area contributed by atoms with Crippen LogP contribution in [0, 0.1) is 5.92 Å². The number of esters is 1. The Kier molecular flexibility index (Phi) is 3.60. The van der Waals surface area contributed by atoms with Crippen LogP contribution in [-0.4, -0.2) is 42.5 Å². The molecular weight excluding hydrogens is 292 g/mol. The van der Waals surface area contributed by atoms with Crippen LogP contribution in [0.25, 0.3) is 0 Å². The summed E-state index contributed by atoms with van der Waals surface area (Å²) in [6, 6.07) is 9.48. The minimum absolute atomic E-state index is 0.0388. The second kappa shape index (κ2) is 5.64. The van der Waals surface area contributed by atoms with Crippen molar-refractivity contribution in [2.24, 2.45) is 5.92 Å². The van der Waals surface area contributed by atoms with Gasteiger partial charge in [0.1, 0.15) is 6.10 Å². The van der Waals surface area contributed by atoms with Gasteiger partial charge in [-0.15, -0.1) is 0 Å². The Balaban J connectivity index is 1.57. The number of carbonyl (C=O) groups is 2. The molecule has 0 aromatic heterocycles. The highest BCUT2D eigenvalue weighted by molar-refractivity contribution is 5.92. The monoisotopic (exact) mass is 314 g/mol. The van der Waals surface area contributed by atoms with Gasteiger partial charge in [0.15, 0.2) is 5.54 Å². The van der Waals surface area contributed by atoms with Crippen LogP contribution in [0.4, 0.5) is 0 Å². The molecule has 1 aromatic carbocycles. The molecule has 5 nitrogen and oxygen atoms in total. The van der Waals surface area contributed by atoms with Crippen molar-refractivity contribution in [3.8, 4) is 0 Å². The minimum atomic E-state index is -1.01. The van der Waals surface area contributed by atoms with Crippen molar-refractivity contribution in [1.29, 1.82) is 0 Å². The Morgan fingerprint density at radius 3 is 2.52 bits per heavy atom. The maximum absolute atomic E-state index is 13.0. The third kappa shape index (κ3) is 2.53. The summed E-state index contributed by atoms with van der Waals surface area (Å²) in [7, 11) is 0. The number of nitrogens with zero attached hydrogens (tertiary/aromatic N) is 1. The number of fused-ring (bicyclic) bond motifs is 3. The Morgan fingerprint density at radius 2 is 1.96 bits per heavy atom. The molecule has 0 spiro atoms. The minimum Gasteiger partial charge on any atom is -0.459 e. The SMILES string of the molecule is O=C1CCC(C(=O)O[C@@H]2CN3CCC2CC3)(c2ccccc2)N1. The van der Waals surface area contributed by atoms with Crippen LogP contribution in [0.3, 0.4) is 0 Å². The lowest BCUT2D eigenvalue weighted by atomic mass is 9.85. The van der Waals surface area contributed by atoms with E-state index in [1.54, 1.807) is 0 Å². The van der Waals surface area contributed by atoms with Crippen LogP contribution in [0.15, 0.2) is 30.3 Å². The van der Waals surface area contributed by atoms with Gasteiger partial charge >= 0.3 is 5.97 Å². The first kappa shape index (κ1) is 14.7. The van der Waals surface area contributed by atoms with Crippen LogP contribution < -0.4 is 5.32 Å². The highest BCUT2D eigenvalue weighted by Crippen LogP contribution is 2.36. The lowest BCUT2D eigenvalue weighted by molar-refractivity contribution is -0.167. The number of nitrogens with one attached hydrogen (secondary N) is 1. The summed E-state index contributed by atoms with van der Waals surface area (Å²) in [5, 5.41) is 2.89. The molecule has 1 N–H and O–H groups in total. The Bertz CT molecular complexity index is 610. The van der Waals surface area contributed by atoms with Crippen LogP contribution >= 0.6 is 0 Å². The molecule has 4 aliphatic rings. The lowest BCUT2D eigenvalue weighted by Crippen LogP contribution is -2.55. The number of ether oxygens (including phenoxy) is 1. The number of amides is 1. The second-order valence-electron chi connectivity index (χ2n) is 6.90. The molecule has 0 radical (unpaired) electrons. The Morgan fingerprint density at radius 1 is 1.22 bits per heavy atom. The van der Waals surface area contributed by atoms with Gasteiger partial charge in [0, 0.05) is 13.0 Å². The molecule has 4 aliphatic heterocycles. The van der Waals surface area contributed by atoms with Crippen LogP contribution in [0.5, 0.6) is 0 Å². The topological polar surface area (TPSA) is 58.6 Å². The summed E-state index contributed by atoms with van der Waals surface area (Å²) in [5.74, 6) is 0.0851. The van der Waals surface area contributed by atoms with E-state index < -0.39 is 5.54 Å². The van der Waals surface area contributed by atoms with Gasteiger partial charge in [-0.05, 0) is 43.8 Å². The van der Waals surface area contributed by atoms with Gasteiger partial charge in [0.25, 0.3) is 0 Å². The summed E-state index contributed by atoms with van der Waals surface area (Å²) in [4.78, 5) is 27.2. The smallest absolute Gasteiger partial charge is 0.336 e. The maximum Gasteiger partial charge on any atom is 0.336 e. The van der Waals surface area contributed by atoms with E-state index in [1.807, 2.05) is 30.3 Å². The molecule has 5 rings (SSSR count). The van der Waals surface area contributed by atoms with Gasteiger partial charge in [-0.3, -0.25) is 9.69 Å². The van der Waals surface area contributed by atoms with Crippen molar-refractivity contribution >= 4 is 11.9 Å². The number of rotatable bonds is 3. The van der Waals surface area contributed by atoms with Crippen molar-refractivity contribution < 1.29 is 14.3 Å². The first-order valence-electron chi connectivity index (χ1n) is 8.47. The highest BCUT2D eigenvalue weighted by atomic mass is 16.5. The second-order valence-corrected chi connectivity index (χ2v) is 6.90. The van der Waals surface area contributed by atoms with E-state index in [9.17, 15) is 9.59 Å². The number of piperidine rings is 3. The van der Waals surface area contributed by atoms with E-state index in [2.05, 4.69) is 10.2 Å². The molecule has 4 heterocycles. The summed E-state index contributed by atoms with van der Waals surface area (Å²) in [5.41, 5.74) is -0.193. The normalized spacial score (nSPS) is 35.8. The van der Waals surface area contributed by atoms with Gasteiger partial charge in [-0.25, -0.2) is 4.79 Å². The first-order chi connectivity index (χ1) is 11.2. The first-order valence-corrected chi connectivity index (χ1v) is 8.47. The standard InChI is InChI=1S/C18H22N2O3/c21-16-6-9-18(19-16,14-4-2-1-3-5-14)17(22)23-15-12-20-10-7-13(15)8-11-20/h1-5,13,15H,6-12H2,(H,19,21)/t15-,18?/m1/s1. The predicted molar refractivity (Wildman–Crippen MR) is 84.5 cm³/mol. The van der Waals surface area contributed by atoms with Crippen molar-refractivity contribution in [3.05, 3.63) is 35.9 Å². The number of benzene rings is 1. The Hall–Kier alpha value is -1.88. The fourth-order valence-electron chi connectivity index (χ4n) is 4.16. The molecule has 2 atom stereocenters. The van der Waals surface area contributed by atoms with Gasteiger partial charge in [0.2, 0.25) is 5.91 Å². The molecule has 0 saturated carbocycles. The van der Waals surface area contributed by atoms with E-state index in [0.29, 0.717) is 18.8 Å². The molecular formula is C18H22N2O3. The van der Waals surface area contributed by atoms with E-state index in [-0.39, 0.29) is 18.0 Å². The molecule has 5 heteroatoms. The van der Waals surface area contributed by atoms with Gasteiger partial charge in [-0.1, -0.05) is 30.3 Å². The third-order valence-electron chi connectivity index (χ3n) is 5.55. The van der Waals surface area contributed by atoms with Crippen molar-refractivity contribution in [2.75, 3.05) is 19.6 Å². The maximum atomic E-state index is 13.0. The predicted octanol–water partition coefficient (Wildman–Crippen LogP) is 1.43. The highest BCUT2D eigenvalue weighted by Gasteiger charge is 2.49. The van der Waals surface area contributed by atoms with Crippen LogP contribution in [0.2, 0.25) is 0 Å². The third-order valence-corrected chi connectivity index (χ3v) is 5.55. The number of carbonyl (C=O) groups excluding carboxylic acids is 2. The zero-order valence-corrected chi connectivity index (χ0v) is 13.2. The van der Waals surface area contributed by atoms with Gasteiger partial charge in [0.05, 0.1) is 0 Å². The number of hydrogen-bond acceptors (Lipinski definition) is 4. The summed E-state index contributed by atoms with van der Waals surface area (Å²) >= 11 is 0. The van der Waals surface area contributed by atoms with Crippen molar-refractivity contribution in [2.45, 2.75) is 37.3 Å². The molecule has 4 saturated heterocycles. The molecule has 1 unspecified atom stereocenters. The zero-order chi connectivity index (χ0) is 15.9. The van der Waals surface area contributed by atoms with E-state index in [4.69, 9.17) is 4.74 Å². The molecule has 1 aromatic rings. The molecule has 1 amide bonds. The van der Waals surface area contributed by atoms with Crippen molar-refractivity contribution in [3.63, 3.8) is 0 Å². The Labute approximate surface area is 136 Å². The largest absolute Gasteiger partial charge is 0.459 e. The average molecular weight is 314 g/mol. The lowest BCUT2D eigenvalue weighted by Gasteiger charge is -2.44. The molecule has 4 fully saturated rings. The van der Waals surface area contributed by atoms with Crippen LogP contribution in [-0.2, 0) is 19.9 Å². The molecule has 122 valence electrons. The summed E-state index contributed by atoms with van der Waals surface area (Å²) in [6.45, 7) is 3.05. The fraction of sp³-hybridized carbons (Fsp3) is 0.556.